The Labute approximate surface area is 161 Å². The van der Waals surface area contributed by atoms with Crippen LogP contribution in [0.4, 0.5) is 0 Å². The summed E-state index contributed by atoms with van der Waals surface area (Å²) in [4.78, 5) is 28.3. The second-order valence-corrected chi connectivity index (χ2v) is 7.88. The van der Waals surface area contributed by atoms with Crippen molar-refractivity contribution in [1.82, 2.24) is 4.98 Å². The summed E-state index contributed by atoms with van der Waals surface area (Å²) in [6, 6.07) is 12.2. The lowest BCUT2D eigenvalue weighted by Crippen LogP contribution is -2.28. The lowest BCUT2D eigenvalue weighted by atomic mass is 9.72. The summed E-state index contributed by atoms with van der Waals surface area (Å²) in [5.74, 6) is 1.01. The summed E-state index contributed by atoms with van der Waals surface area (Å²) >= 11 is 0. The molecule has 4 heteroatoms. The van der Waals surface area contributed by atoms with E-state index in [2.05, 4.69) is 29.2 Å². The molecule has 1 unspecified atom stereocenters. The molecule has 3 rings (SSSR count). The average Bonchev–Trinajstić information content (AvgIpc) is 2.87. The van der Waals surface area contributed by atoms with Crippen LogP contribution in [0.25, 0.3) is 0 Å². The van der Waals surface area contributed by atoms with Crippen molar-refractivity contribution < 1.29 is 14.3 Å². The van der Waals surface area contributed by atoms with E-state index in [4.69, 9.17) is 4.74 Å². The molecule has 1 heterocycles. The van der Waals surface area contributed by atoms with E-state index >= 15 is 0 Å². The van der Waals surface area contributed by atoms with Crippen LogP contribution in [-0.2, 0) is 16.0 Å². The Bertz CT molecular complexity index is 836. The first-order valence-corrected chi connectivity index (χ1v) is 9.50. The minimum Gasteiger partial charge on any atom is -0.493 e. The van der Waals surface area contributed by atoms with Crippen LogP contribution in [0.2, 0.25) is 0 Å². The third kappa shape index (κ3) is 4.26. The fraction of sp³-hybridized carbons (Fsp3) is 0.435. The molecule has 0 bridgehead atoms. The van der Waals surface area contributed by atoms with Gasteiger partial charge in [-0.05, 0) is 30.9 Å². The number of carbonyl (C=O) groups is 2. The maximum absolute atomic E-state index is 12.3. The maximum Gasteiger partial charge on any atom is 0.147 e. The number of benzene rings is 1. The second kappa shape index (κ2) is 7.63. The highest BCUT2D eigenvalue weighted by atomic mass is 16.5. The number of hydrogen-bond acceptors (Lipinski definition) is 4. The minimum absolute atomic E-state index is 0.0320. The SMILES string of the molecule is Cc1cc(OCCc2ccc([C@@H](C)C3(C)CC(=O)CC3=O)cc2)cc(C)n1. The summed E-state index contributed by atoms with van der Waals surface area (Å²) in [5.41, 5.74) is 3.63. The molecule has 1 aliphatic rings. The van der Waals surface area contributed by atoms with E-state index in [0.29, 0.717) is 13.0 Å². The van der Waals surface area contributed by atoms with Gasteiger partial charge in [-0.1, -0.05) is 38.1 Å². The van der Waals surface area contributed by atoms with E-state index in [9.17, 15) is 9.59 Å². The molecule has 0 aliphatic heterocycles. The van der Waals surface area contributed by atoms with E-state index in [0.717, 1.165) is 29.1 Å². The van der Waals surface area contributed by atoms with Gasteiger partial charge in [0, 0.05) is 41.8 Å². The fourth-order valence-electron chi connectivity index (χ4n) is 3.85. The van der Waals surface area contributed by atoms with Gasteiger partial charge in [-0.25, -0.2) is 0 Å². The smallest absolute Gasteiger partial charge is 0.147 e. The molecule has 1 aromatic heterocycles. The Kier molecular flexibility index (Phi) is 5.45. The van der Waals surface area contributed by atoms with Gasteiger partial charge in [0.1, 0.15) is 17.3 Å². The van der Waals surface area contributed by atoms with Gasteiger partial charge < -0.3 is 4.74 Å². The molecule has 2 aromatic rings. The molecular formula is C23H27NO3. The highest BCUT2D eigenvalue weighted by Gasteiger charge is 2.46. The highest BCUT2D eigenvalue weighted by Crippen LogP contribution is 2.44. The molecule has 0 amide bonds. The van der Waals surface area contributed by atoms with Gasteiger partial charge in [-0.3, -0.25) is 14.6 Å². The molecule has 142 valence electrons. The first-order valence-electron chi connectivity index (χ1n) is 9.50. The predicted octanol–water partition coefficient (Wildman–Crippen LogP) is 4.36. The van der Waals surface area contributed by atoms with Gasteiger partial charge in [0.05, 0.1) is 13.0 Å². The summed E-state index contributed by atoms with van der Waals surface area (Å²) in [5, 5.41) is 0. The predicted molar refractivity (Wildman–Crippen MR) is 105 cm³/mol. The minimum atomic E-state index is -0.571. The molecule has 1 saturated carbocycles. The number of nitrogens with zero attached hydrogens (tertiary/aromatic N) is 1. The molecule has 1 aliphatic carbocycles. The van der Waals surface area contributed by atoms with Crippen LogP contribution in [0.15, 0.2) is 36.4 Å². The molecular weight excluding hydrogens is 338 g/mol. The molecule has 0 saturated heterocycles. The number of hydrogen-bond donors (Lipinski definition) is 0. The van der Waals surface area contributed by atoms with E-state index in [1.165, 1.54) is 5.56 Å². The first kappa shape index (κ1) is 19.3. The number of Topliss-reactive ketones (excluding diaryl/α,β-unsaturated/α-hetero) is 2. The van der Waals surface area contributed by atoms with Gasteiger partial charge in [0.25, 0.3) is 0 Å². The normalized spacial score (nSPS) is 20.7. The van der Waals surface area contributed by atoms with Crippen molar-refractivity contribution in [2.24, 2.45) is 5.41 Å². The lowest BCUT2D eigenvalue weighted by Gasteiger charge is -2.29. The van der Waals surface area contributed by atoms with Gasteiger partial charge in [0.2, 0.25) is 0 Å². The number of rotatable bonds is 6. The Morgan fingerprint density at radius 3 is 2.30 bits per heavy atom. The maximum atomic E-state index is 12.3. The Morgan fingerprint density at radius 2 is 1.74 bits per heavy atom. The van der Waals surface area contributed by atoms with Crippen LogP contribution < -0.4 is 4.74 Å². The topological polar surface area (TPSA) is 56.3 Å². The van der Waals surface area contributed by atoms with Crippen LogP contribution in [0.5, 0.6) is 5.75 Å². The summed E-state index contributed by atoms with van der Waals surface area (Å²) in [6.07, 6.45) is 1.25. The van der Waals surface area contributed by atoms with Crippen molar-refractivity contribution in [1.29, 1.82) is 0 Å². The number of ether oxygens (including phenoxy) is 1. The number of ketones is 2. The van der Waals surface area contributed by atoms with Crippen molar-refractivity contribution >= 4 is 11.6 Å². The standard InChI is InChI=1S/C23H27NO3/c1-15-11-21(12-16(2)24-15)27-10-9-18-5-7-19(8-6-18)17(3)23(4)14-20(25)13-22(23)26/h5-8,11-12,17H,9-10,13-14H2,1-4H3/t17-,23?/m1/s1. The zero-order chi connectivity index (χ0) is 19.6. The third-order valence-electron chi connectivity index (χ3n) is 5.71. The summed E-state index contributed by atoms with van der Waals surface area (Å²) < 4.78 is 5.85. The van der Waals surface area contributed by atoms with Crippen LogP contribution >= 0.6 is 0 Å². The molecule has 2 atom stereocenters. The Balaban J connectivity index is 1.60. The Morgan fingerprint density at radius 1 is 1.11 bits per heavy atom. The Hall–Kier alpha value is -2.49. The number of aryl methyl sites for hydroxylation is 2. The molecule has 4 nitrogen and oxygen atoms in total. The summed E-state index contributed by atoms with van der Waals surface area (Å²) in [6.45, 7) is 8.49. The first-order chi connectivity index (χ1) is 12.8. The third-order valence-corrected chi connectivity index (χ3v) is 5.71. The van der Waals surface area contributed by atoms with E-state index in [1.807, 2.05) is 39.8 Å². The largest absolute Gasteiger partial charge is 0.493 e. The fourth-order valence-corrected chi connectivity index (χ4v) is 3.85. The number of pyridine rings is 1. The lowest BCUT2D eigenvalue weighted by molar-refractivity contribution is -0.126. The second-order valence-electron chi connectivity index (χ2n) is 7.88. The number of carbonyl (C=O) groups excluding carboxylic acids is 2. The van der Waals surface area contributed by atoms with E-state index < -0.39 is 5.41 Å². The summed E-state index contributed by atoms with van der Waals surface area (Å²) in [7, 11) is 0. The van der Waals surface area contributed by atoms with Crippen molar-refractivity contribution in [2.75, 3.05) is 6.61 Å². The average molecular weight is 365 g/mol. The van der Waals surface area contributed by atoms with Crippen LogP contribution in [-0.4, -0.2) is 23.2 Å². The van der Waals surface area contributed by atoms with Crippen molar-refractivity contribution in [3.8, 4) is 5.75 Å². The molecule has 0 radical (unpaired) electrons. The molecule has 1 aromatic carbocycles. The van der Waals surface area contributed by atoms with Gasteiger partial charge in [-0.2, -0.15) is 0 Å². The zero-order valence-corrected chi connectivity index (χ0v) is 16.5. The molecule has 1 fully saturated rings. The quantitative estimate of drug-likeness (QED) is 0.714. The van der Waals surface area contributed by atoms with Gasteiger partial charge in [-0.15, -0.1) is 0 Å². The van der Waals surface area contributed by atoms with Crippen molar-refractivity contribution in [2.45, 2.75) is 52.9 Å². The van der Waals surface area contributed by atoms with Crippen molar-refractivity contribution in [3.63, 3.8) is 0 Å². The van der Waals surface area contributed by atoms with E-state index in [1.54, 1.807) is 0 Å². The molecule has 0 N–H and O–H groups in total. The van der Waals surface area contributed by atoms with Crippen LogP contribution in [0, 0.1) is 19.3 Å². The molecule has 27 heavy (non-hydrogen) atoms. The van der Waals surface area contributed by atoms with Crippen LogP contribution in [0.1, 0.15) is 55.1 Å². The zero-order valence-electron chi connectivity index (χ0n) is 16.5. The van der Waals surface area contributed by atoms with Gasteiger partial charge in [0.15, 0.2) is 0 Å². The highest BCUT2D eigenvalue weighted by molar-refractivity contribution is 6.09. The molecule has 0 spiro atoms. The van der Waals surface area contributed by atoms with Gasteiger partial charge >= 0.3 is 0 Å². The van der Waals surface area contributed by atoms with E-state index in [-0.39, 0.29) is 23.9 Å². The number of aromatic nitrogens is 1. The monoisotopic (exact) mass is 365 g/mol. The van der Waals surface area contributed by atoms with Crippen LogP contribution in [0.3, 0.4) is 0 Å². The van der Waals surface area contributed by atoms with Crippen molar-refractivity contribution in [3.05, 3.63) is 58.9 Å².